The summed E-state index contributed by atoms with van der Waals surface area (Å²) in [6.07, 6.45) is 3.76. The molecule has 3 nitrogen and oxygen atoms in total. The van der Waals surface area contributed by atoms with Crippen molar-refractivity contribution >= 4 is 17.2 Å². The van der Waals surface area contributed by atoms with Crippen molar-refractivity contribution in [2.45, 2.75) is 19.3 Å². The highest BCUT2D eigenvalue weighted by molar-refractivity contribution is 6.30. The average molecular weight is 263 g/mol. The van der Waals surface area contributed by atoms with Gasteiger partial charge in [-0.3, -0.25) is 4.79 Å². The summed E-state index contributed by atoms with van der Waals surface area (Å²) in [5.74, 6) is 1.18. The van der Waals surface area contributed by atoms with Gasteiger partial charge in [-0.25, -0.2) is 0 Å². The second-order valence-corrected chi connectivity index (χ2v) is 4.84. The summed E-state index contributed by atoms with van der Waals surface area (Å²) >= 11 is 5.82. The molecule has 3 aliphatic rings. The molecule has 0 saturated carbocycles. The molecular weight excluding hydrogens is 252 g/mol. The Hall–Kier alpha value is -1.74. The highest BCUT2D eigenvalue weighted by atomic mass is 35.5. The Morgan fingerprint density at radius 1 is 1.28 bits per heavy atom. The zero-order chi connectivity index (χ0) is 12.7. The monoisotopic (exact) mass is 262 g/mol. The molecule has 0 bridgehead atoms. The Bertz CT molecular complexity index is 670. The molecule has 0 aromatic carbocycles. The zero-order valence-electron chi connectivity index (χ0n) is 9.57. The lowest BCUT2D eigenvalue weighted by atomic mass is 9.91. The lowest BCUT2D eigenvalue weighted by Gasteiger charge is -2.19. The van der Waals surface area contributed by atoms with Crippen molar-refractivity contribution in [3.63, 3.8) is 0 Å². The van der Waals surface area contributed by atoms with Crippen LogP contribution in [0.1, 0.15) is 24.2 Å². The summed E-state index contributed by atoms with van der Waals surface area (Å²) in [5, 5.41) is 9.40. The predicted octanol–water partition coefficient (Wildman–Crippen LogP) is 3.63. The van der Waals surface area contributed by atoms with Gasteiger partial charge in [0.05, 0.1) is 11.3 Å². The average Bonchev–Trinajstić information content (AvgIpc) is 2.37. The van der Waals surface area contributed by atoms with E-state index in [-0.39, 0.29) is 10.5 Å². The Kier molecular flexibility index (Phi) is 2.63. The molecule has 1 aliphatic heterocycles. The molecule has 1 N–H and O–H groups in total. The van der Waals surface area contributed by atoms with Crippen LogP contribution in [0.5, 0.6) is 0 Å². The smallest absolute Gasteiger partial charge is 0.200 e. The van der Waals surface area contributed by atoms with Gasteiger partial charge in [-0.1, -0.05) is 11.6 Å². The van der Waals surface area contributed by atoms with Crippen LogP contribution in [0.15, 0.2) is 33.7 Å². The first-order chi connectivity index (χ1) is 8.69. The Morgan fingerprint density at radius 2 is 2.11 bits per heavy atom. The maximum atomic E-state index is 11.5. The maximum Gasteiger partial charge on any atom is 0.200 e. The number of hydrogen-bond acceptors (Lipinski definition) is 3. The van der Waals surface area contributed by atoms with E-state index in [9.17, 15) is 9.90 Å². The summed E-state index contributed by atoms with van der Waals surface area (Å²) in [6.45, 7) is 0. The van der Waals surface area contributed by atoms with E-state index in [1.807, 2.05) is 6.07 Å². The molecule has 1 heterocycles. The van der Waals surface area contributed by atoms with E-state index in [2.05, 4.69) is 0 Å². The van der Waals surface area contributed by atoms with Crippen LogP contribution < -0.4 is 5.43 Å². The number of aliphatic hydroxyl groups excluding tert-OH is 1. The normalized spacial score (nSPS) is 17.1. The maximum absolute atomic E-state index is 11.5. The molecule has 0 radical (unpaired) electrons. The molecule has 2 aliphatic carbocycles. The molecule has 0 aromatic rings. The van der Waals surface area contributed by atoms with Gasteiger partial charge in [-0.15, -0.1) is 0 Å². The summed E-state index contributed by atoms with van der Waals surface area (Å²) in [4.78, 5) is 11.5. The lowest BCUT2D eigenvalue weighted by Crippen LogP contribution is -2.06. The summed E-state index contributed by atoms with van der Waals surface area (Å²) in [7, 11) is 0. The van der Waals surface area contributed by atoms with E-state index < -0.39 is 0 Å². The van der Waals surface area contributed by atoms with Crippen molar-refractivity contribution in [2.24, 2.45) is 0 Å². The minimum atomic E-state index is -0.252. The highest BCUT2D eigenvalue weighted by Crippen LogP contribution is 2.36. The van der Waals surface area contributed by atoms with Crippen LogP contribution in [-0.2, 0) is 6.42 Å². The molecule has 0 fully saturated rings. The van der Waals surface area contributed by atoms with Crippen LogP contribution in [0.25, 0.3) is 16.9 Å². The van der Waals surface area contributed by atoms with E-state index in [0.717, 1.165) is 42.2 Å². The number of fused-ring (bicyclic) bond motifs is 2. The molecule has 18 heavy (non-hydrogen) atoms. The van der Waals surface area contributed by atoms with Gasteiger partial charge in [-0.2, -0.15) is 0 Å². The van der Waals surface area contributed by atoms with E-state index in [1.165, 1.54) is 6.07 Å². The molecule has 0 amide bonds. The van der Waals surface area contributed by atoms with Crippen molar-refractivity contribution in [3.8, 4) is 11.3 Å². The molecular formula is C14H11ClO3. The minimum Gasteiger partial charge on any atom is -0.515 e. The van der Waals surface area contributed by atoms with Crippen LogP contribution in [-0.4, -0.2) is 5.11 Å². The van der Waals surface area contributed by atoms with Crippen molar-refractivity contribution < 1.29 is 9.52 Å². The molecule has 3 rings (SSSR count). The third-order valence-corrected chi connectivity index (χ3v) is 3.53. The molecule has 4 heteroatoms. The summed E-state index contributed by atoms with van der Waals surface area (Å²) < 4.78 is 5.74. The standard InChI is InChI=1S/C14H11ClO3/c15-11-5-10-4-8-2-1-3-9(7-16)14(8)18-13(10)6-12(11)17/h4-7,16H,1-3H2. The molecule has 0 saturated heterocycles. The quantitative estimate of drug-likeness (QED) is 0.738. The van der Waals surface area contributed by atoms with Crippen LogP contribution in [0.4, 0.5) is 0 Å². The second kappa shape index (κ2) is 4.18. The number of halogens is 1. The Balaban J connectivity index is 2.31. The van der Waals surface area contributed by atoms with Gasteiger partial charge in [0, 0.05) is 17.2 Å². The minimum absolute atomic E-state index is 0.200. The van der Waals surface area contributed by atoms with Crippen molar-refractivity contribution in [2.75, 3.05) is 0 Å². The number of benzene rings is 1. The number of allylic oxidation sites excluding steroid dienone is 1. The van der Waals surface area contributed by atoms with E-state index in [1.54, 1.807) is 6.07 Å². The van der Waals surface area contributed by atoms with Gasteiger partial charge in [0.15, 0.2) is 0 Å². The number of aliphatic hydroxyl groups is 1. The highest BCUT2D eigenvalue weighted by Gasteiger charge is 2.20. The van der Waals surface area contributed by atoms with Gasteiger partial charge < -0.3 is 9.52 Å². The fourth-order valence-corrected chi connectivity index (χ4v) is 2.52. The van der Waals surface area contributed by atoms with Crippen molar-refractivity contribution in [3.05, 3.63) is 51.0 Å². The summed E-state index contributed by atoms with van der Waals surface area (Å²) in [6, 6.07) is 4.99. The number of rotatable bonds is 0. The fourth-order valence-electron chi connectivity index (χ4n) is 2.34. The SMILES string of the molecule is O=c1cc2oc3c(cc-2cc1Cl)CCCC3=CO. The topological polar surface area (TPSA) is 50.4 Å². The van der Waals surface area contributed by atoms with E-state index >= 15 is 0 Å². The van der Waals surface area contributed by atoms with Gasteiger partial charge in [0.2, 0.25) is 5.43 Å². The number of aryl methyl sites for hydroxylation is 1. The third-order valence-electron chi connectivity index (χ3n) is 3.24. The fraction of sp³-hybridized carbons (Fsp3) is 0.214. The van der Waals surface area contributed by atoms with E-state index in [4.69, 9.17) is 16.0 Å². The van der Waals surface area contributed by atoms with Crippen LogP contribution >= 0.6 is 11.6 Å². The van der Waals surface area contributed by atoms with Gasteiger partial charge >= 0.3 is 0 Å². The van der Waals surface area contributed by atoms with E-state index in [0.29, 0.717) is 11.5 Å². The van der Waals surface area contributed by atoms with Crippen molar-refractivity contribution in [1.82, 2.24) is 0 Å². The first-order valence-electron chi connectivity index (χ1n) is 5.79. The van der Waals surface area contributed by atoms with Gasteiger partial charge in [-0.05, 0) is 37.0 Å². The summed E-state index contributed by atoms with van der Waals surface area (Å²) in [5.41, 5.74) is 2.39. The zero-order valence-corrected chi connectivity index (χ0v) is 10.3. The van der Waals surface area contributed by atoms with Crippen LogP contribution in [0, 0.1) is 0 Å². The predicted molar refractivity (Wildman–Crippen MR) is 70.2 cm³/mol. The van der Waals surface area contributed by atoms with Gasteiger partial charge in [0.25, 0.3) is 0 Å². The molecule has 0 atom stereocenters. The first-order valence-corrected chi connectivity index (χ1v) is 6.17. The Morgan fingerprint density at radius 3 is 2.89 bits per heavy atom. The second-order valence-electron chi connectivity index (χ2n) is 4.43. The Labute approximate surface area is 109 Å². The van der Waals surface area contributed by atoms with Crippen molar-refractivity contribution in [1.29, 1.82) is 0 Å². The first kappa shape index (κ1) is 11.4. The lowest BCUT2D eigenvalue weighted by molar-refractivity contribution is 0.464. The third kappa shape index (κ3) is 1.71. The molecule has 0 aromatic heterocycles. The largest absolute Gasteiger partial charge is 0.515 e. The molecule has 92 valence electrons. The van der Waals surface area contributed by atoms with Crippen LogP contribution in [0.2, 0.25) is 5.02 Å². The van der Waals surface area contributed by atoms with Gasteiger partial charge in [0.1, 0.15) is 11.5 Å². The number of hydrogen-bond donors (Lipinski definition) is 1. The van der Waals surface area contributed by atoms with Crippen LogP contribution in [0.3, 0.4) is 0 Å². The molecule has 0 unspecified atom stereocenters. The molecule has 0 spiro atoms.